The lowest BCUT2D eigenvalue weighted by Gasteiger charge is -2.26. The van der Waals surface area contributed by atoms with Gasteiger partial charge in [-0.25, -0.2) is 13.1 Å². The maximum atomic E-state index is 12.4. The van der Waals surface area contributed by atoms with Gasteiger partial charge in [0, 0.05) is 17.0 Å². The van der Waals surface area contributed by atoms with Gasteiger partial charge in [0.15, 0.2) is 0 Å². The standard InChI is InChI=1S/C16H16ClNO3S/c17-13-7-5-12(6-8-13)11-22(19,20)18-15-9-10-21-16-4-2-1-3-14(15)16/h1-8,15,18H,9-11H2. The van der Waals surface area contributed by atoms with Gasteiger partial charge in [-0.15, -0.1) is 0 Å². The van der Waals surface area contributed by atoms with Gasteiger partial charge in [0.05, 0.1) is 18.4 Å². The second-order valence-corrected chi connectivity index (χ2v) is 7.42. The third kappa shape index (κ3) is 3.61. The van der Waals surface area contributed by atoms with E-state index in [0.29, 0.717) is 23.6 Å². The Bertz CT molecular complexity index is 759. The highest BCUT2D eigenvalue weighted by atomic mass is 35.5. The fourth-order valence-corrected chi connectivity index (χ4v) is 4.04. The monoisotopic (exact) mass is 337 g/mol. The summed E-state index contributed by atoms with van der Waals surface area (Å²) in [6.45, 7) is 0.505. The summed E-state index contributed by atoms with van der Waals surface area (Å²) in [5.41, 5.74) is 1.59. The zero-order chi connectivity index (χ0) is 15.6. The number of benzene rings is 2. The quantitative estimate of drug-likeness (QED) is 0.931. The van der Waals surface area contributed by atoms with E-state index in [-0.39, 0.29) is 11.8 Å². The summed E-state index contributed by atoms with van der Waals surface area (Å²) in [7, 11) is -3.44. The first kappa shape index (κ1) is 15.3. The molecule has 0 saturated carbocycles. The summed E-state index contributed by atoms with van der Waals surface area (Å²) in [5.74, 6) is 0.678. The zero-order valence-corrected chi connectivity index (χ0v) is 13.4. The molecule has 3 rings (SSSR count). The first-order chi connectivity index (χ1) is 10.5. The van der Waals surface area contributed by atoms with Crippen LogP contribution in [0.15, 0.2) is 48.5 Å². The van der Waals surface area contributed by atoms with Crippen LogP contribution in [0, 0.1) is 0 Å². The summed E-state index contributed by atoms with van der Waals surface area (Å²) in [6.07, 6.45) is 0.622. The van der Waals surface area contributed by atoms with E-state index >= 15 is 0 Å². The van der Waals surface area contributed by atoms with Crippen molar-refractivity contribution in [3.63, 3.8) is 0 Å². The maximum Gasteiger partial charge on any atom is 0.216 e. The molecule has 1 N–H and O–H groups in total. The summed E-state index contributed by atoms with van der Waals surface area (Å²) in [4.78, 5) is 0. The number of nitrogens with one attached hydrogen (secondary N) is 1. The van der Waals surface area contributed by atoms with Crippen LogP contribution in [0.1, 0.15) is 23.6 Å². The molecular formula is C16H16ClNO3S. The van der Waals surface area contributed by atoms with E-state index in [1.807, 2.05) is 24.3 Å². The average molecular weight is 338 g/mol. The highest BCUT2D eigenvalue weighted by Crippen LogP contribution is 2.32. The third-order valence-electron chi connectivity index (χ3n) is 3.55. The minimum absolute atomic E-state index is 0.0658. The lowest BCUT2D eigenvalue weighted by molar-refractivity contribution is 0.263. The van der Waals surface area contributed by atoms with E-state index < -0.39 is 10.0 Å². The Labute approximate surface area is 135 Å². The number of hydrogen-bond acceptors (Lipinski definition) is 3. The Balaban J connectivity index is 1.76. The molecule has 0 amide bonds. The molecule has 0 saturated heterocycles. The topological polar surface area (TPSA) is 55.4 Å². The zero-order valence-electron chi connectivity index (χ0n) is 11.8. The average Bonchev–Trinajstić information content (AvgIpc) is 2.49. The highest BCUT2D eigenvalue weighted by molar-refractivity contribution is 7.88. The van der Waals surface area contributed by atoms with Crippen LogP contribution in [0.25, 0.3) is 0 Å². The molecule has 1 aliphatic heterocycles. The molecule has 4 nitrogen and oxygen atoms in total. The van der Waals surface area contributed by atoms with Crippen molar-refractivity contribution in [1.29, 1.82) is 0 Å². The molecule has 0 spiro atoms. The Hall–Kier alpha value is -1.56. The van der Waals surface area contributed by atoms with E-state index in [1.165, 1.54) is 0 Å². The predicted molar refractivity (Wildman–Crippen MR) is 86.5 cm³/mol. The Morgan fingerprint density at radius 1 is 1.14 bits per heavy atom. The molecule has 1 atom stereocenters. The van der Waals surface area contributed by atoms with E-state index in [1.54, 1.807) is 24.3 Å². The molecule has 1 unspecified atom stereocenters. The molecule has 1 heterocycles. The lowest BCUT2D eigenvalue weighted by atomic mass is 10.0. The van der Waals surface area contributed by atoms with Crippen LogP contribution >= 0.6 is 11.6 Å². The molecule has 6 heteroatoms. The van der Waals surface area contributed by atoms with Crippen LogP contribution in [-0.2, 0) is 15.8 Å². The Kier molecular flexibility index (Phi) is 4.38. The van der Waals surface area contributed by atoms with E-state index in [9.17, 15) is 8.42 Å². The minimum atomic E-state index is -3.44. The first-order valence-electron chi connectivity index (χ1n) is 7.00. The SMILES string of the molecule is O=S(=O)(Cc1ccc(Cl)cc1)NC1CCOc2ccccc21. The van der Waals surface area contributed by atoms with Crippen molar-refractivity contribution in [1.82, 2.24) is 4.72 Å². The van der Waals surface area contributed by atoms with Crippen molar-refractivity contribution >= 4 is 21.6 Å². The maximum absolute atomic E-state index is 12.4. The van der Waals surface area contributed by atoms with Gasteiger partial charge in [0.25, 0.3) is 0 Å². The van der Waals surface area contributed by atoms with E-state index in [4.69, 9.17) is 16.3 Å². The highest BCUT2D eigenvalue weighted by Gasteiger charge is 2.25. The van der Waals surface area contributed by atoms with Gasteiger partial charge in [-0.3, -0.25) is 0 Å². The number of fused-ring (bicyclic) bond motifs is 1. The normalized spacial score (nSPS) is 17.6. The molecule has 116 valence electrons. The molecule has 0 aromatic heterocycles. The number of hydrogen-bond donors (Lipinski definition) is 1. The van der Waals surface area contributed by atoms with Crippen LogP contribution < -0.4 is 9.46 Å². The van der Waals surface area contributed by atoms with Gasteiger partial charge >= 0.3 is 0 Å². The Morgan fingerprint density at radius 2 is 1.86 bits per heavy atom. The van der Waals surface area contributed by atoms with Gasteiger partial charge in [-0.05, 0) is 23.8 Å². The molecule has 1 aliphatic rings. The van der Waals surface area contributed by atoms with E-state index in [2.05, 4.69) is 4.72 Å². The summed E-state index contributed by atoms with van der Waals surface area (Å²) >= 11 is 5.82. The van der Waals surface area contributed by atoms with Gasteiger partial charge in [0.2, 0.25) is 10.0 Å². The number of sulfonamides is 1. The molecule has 2 aromatic carbocycles. The van der Waals surface area contributed by atoms with Crippen molar-refractivity contribution in [2.75, 3.05) is 6.61 Å². The fraction of sp³-hybridized carbons (Fsp3) is 0.250. The van der Waals surface area contributed by atoms with Gasteiger partial charge in [-0.2, -0.15) is 0 Å². The largest absolute Gasteiger partial charge is 0.493 e. The number of ether oxygens (including phenoxy) is 1. The van der Waals surface area contributed by atoms with Gasteiger partial charge in [0.1, 0.15) is 5.75 Å². The second-order valence-electron chi connectivity index (χ2n) is 5.23. The van der Waals surface area contributed by atoms with Crippen LogP contribution in [0.4, 0.5) is 0 Å². The van der Waals surface area contributed by atoms with E-state index in [0.717, 1.165) is 11.3 Å². The second kappa shape index (κ2) is 6.28. The van der Waals surface area contributed by atoms with Crippen molar-refractivity contribution < 1.29 is 13.2 Å². The van der Waals surface area contributed by atoms with Crippen molar-refractivity contribution in [2.45, 2.75) is 18.2 Å². The van der Waals surface area contributed by atoms with Crippen molar-refractivity contribution in [3.8, 4) is 5.75 Å². The minimum Gasteiger partial charge on any atom is -0.493 e. The van der Waals surface area contributed by atoms with Gasteiger partial charge < -0.3 is 4.74 Å². The smallest absolute Gasteiger partial charge is 0.216 e. The molecule has 2 aromatic rings. The lowest BCUT2D eigenvalue weighted by Crippen LogP contribution is -2.33. The van der Waals surface area contributed by atoms with Crippen LogP contribution in [0.2, 0.25) is 5.02 Å². The molecule has 22 heavy (non-hydrogen) atoms. The first-order valence-corrected chi connectivity index (χ1v) is 9.03. The molecule has 0 radical (unpaired) electrons. The predicted octanol–water partition coefficient (Wildman–Crippen LogP) is 3.28. The summed E-state index contributed by atoms with van der Waals surface area (Å²) in [5, 5.41) is 0.590. The van der Waals surface area contributed by atoms with Crippen molar-refractivity contribution in [3.05, 3.63) is 64.7 Å². The van der Waals surface area contributed by atoms with Crippen LogP contribution in [0.3, 0.4) is 0 Å². The summed E-state index contributed by atoms with van der Waals surface area (Å²) in [6, 6.07) is 14.1. The molecule has 0 fully saturated rings. The van der Waals surface area contributed by atoms with Crippen molar-refractivity contribution in [2.24, 2.45) is 0 Å². The number of para-hydroxylation sites is 1. The summed E-state index contributed by atoms with van der Waals surface area (Å²) < 4.78 is 33.1. The molecule has 0 bridgehead atoms. The Morgan fingerprint density at radius 3 is 2.64 bits per heavy atom. The molecular weight excluding hydrogens is 322 g/mol. The number of rotatable bonds is 4. The number of halogens is 1. The van der Waals surface area contributed by atoms with Crippen LogP contribution in [-0.4, -0.2) is 15.0 Å². The van der Waals surface area contributed by atoms with Gasteiger partial charge in [-0.1, -0.05) is 41.9 Å². The third-order valence-corrected chi connectivity index (χ3v) is 5.16. The van der Waals surface area contributed by atoms with Crippen LogP contribution in [0.5, 0.6) is 5.75 Å². The fourth-order valence-electron chi connectivity index (χ4n) is 2.52. The molecule has 0 aliphatic carbocycles.